The van der Waals surface area contributed by atoms with Crippen molar-refractivity contribution in [2.45, 2.75) is 45.3 Å². The van der Waals surface area contributed by atoms with E-state index in [9.17, 15) is 14.7 Å². The zero-order valence-corrected chi connectivity index (χ0v) is 15.3. The van der Waals surface area contributed by atoms with Gasteiger partial charge in [0.05, 0.1) is 0 Å². The standard InChI is InChI=1S/C21H26N2O3/c1-16(2)23(15-18-11-7-4-8-12-18)21(26)22-19(20(24)25)14-13-17-9-5-3-6-10-17/h3-12,16,19H,13-15H2,1-2H3,(H,22,26)(H,24,25). The lowest BCUT2D eigenvalue weighted by Crippen LogP contribution is -2.50. The molecule has 0 heterocycles. The first kappa shape index (κ1) is 19.5. The average molecular weight is 354 g/mol. The Balaban J connectivity index is 2.00. The third-order valence-electron chi connectivity index (χ3n) is 4.24. The number of urea groups is 1. The second-order valence-electron chi connectivity index (χ2n) is 6.57. The quantitative estimate of drug-likeness (QED) is 0.759. The van der Waals surface area contributed by atoms with E-state index in [1.807, 2.05) is 74.5 Å². The smallest absolute Gasteiger partial charge is 0.326 e. The molecular formula is C21H26N2O3. The SMILES string of the molecule is CC(C)N(Cc1ccccc1)C(=O)NC(CCc1ccccc1)C(=O)O. The number of carbonyl (C=O) groups is 2. The fourth-order valence-corrected chi connectivity index (χ4v) is 2.71. The fraction of sp³-hybridized carbons (Fsp3) is 0.333. The second-order valence-corrected chi connectivity index (χ2v) is 6.57. The van der Waals surface area contributed by atoms with Gasteiger partial charge in [0.15, 0.2) is 0 Å². The van der Waals surface area contributed by atoms with E-state index in [1.54, 1.807) is 4.90 Å². The topological polar surface area (TPSA) is 69.6 Å². The molecule has 2 rings (SSSR count). The van der Waals surface area contributed by atoms with Crippen molar-refractivity contribution in [1.29, 1.82) is 0 Å². The van der Waals surface area contributed by atoms with Crippen LogP contribution in [0, 0.1) is 0 Å². The van der Waals surface area contributed by atoms with E-state index >= 15 is 0 Å². The molecule has 2 aromatic carbocycles. The minimum absolute atomic E-state index is 0.0428. The van der Waals surface area contributed by atoms with Gasteiger partial charge in [-0.3, -0.25) is 0 Å². The molecule has 138 valence electrons. The Kier molecular flexibility index (Phi) is 7.21. The monoisotopic (exact) mass is 354 g/mol. The summed E-state index contributed by atoms with van der Waals surface area (Å²) in [4.78, 5) is 25.9. The Bertz CT molecular complexity index is 702. The van der Waals surface area contributed by atoms with Crippen molar-refractivity contribution in [2.24, 2.45) is 0 Å². The van der Waals surface area contributed by atoms with Crippen molar-refractivity contribution < 1.29 is 14.7 Å². The summed E-state index contributed by atoms with van der Waals surface area (Å²) in [6, 6.07) is 18.0. The van der Waals surface area contributed by atoms with Gasteiger partial charge in [0.1, 0.15) is 6.04 Å². The molecule has 0 aromatic heterocycles. The number of carbonyl (C=O) groups excluding carboxylic acids is 1. The Morgan fingerprint density at radius 3 is 2.00 bits per heavy atom. The Labute approximate surface area is 154 Å². The van der Waals surface area contributed by atoms with E-state index < -0.39 is 12.0 Å². The summed E-state index contributed by atoms with van der Waals surface area (Å²) in [5.74, 6) is -1.02. The normalized spacial score (nSPS) is 11.8. The molecule has 5 nitrogen and oxygen atoms in total. The van der Waals surface area contributed by atoms with Gasteiger partial charge in [-0.2, -0.15) is 0 Å². The molecular weight excluding hydrogens is 328 g/mol. The maximum absolute atomic E-state index is 12.7. The third kappa shape index (κ3) is 5.92. The molecule has 0 radical (unpaired) electrons. The molecule has 2 amide bonds. The molecule has 0 spiro atoms. The summed E-state index contributed by atoms with van der Waals surface area (Å²) in [5.41, 5.74) is 2.06. The van der Waals surface area contributed by atoms with E-state index in [0.717, 1.165) is 11.1 Å². The third-order valence-corrected chi connectivity index (χ3v) is 4.24. The maximum atomic E-state index is 12.7. The zero-order chi connectivity index (χ0) is 18.9. The lowest BCUT2D eigenvalue weighted by molar-refractivity contribution is -0.139. The molecule has 0 bridgehead atoms. The maximum Gasteiger partial charge on any atom is 0.326 e. The number of amides is 2. The molecule has 5 heteroatoms. The van der Waals surface area contributed by atoms with Crippen LogP contribution in [0.3, 0.4) is 0 Å². The van der Waals surface area contributed by atoms with Gasteiger partial charge in [0, 0.05) is 12.6 Å². The van der Waals surface area contributed by atoms with Gasteiger partial charge < -0.3 is 15.3 Å². The van der Waals surface area contributed by atoms with Crippen LogP contribution in [0.25, 0.3) is 0 Å². The fourth-order valence-electron chi connectivity index (χ4n) is 2.71. The molecule has 1 atom stereocenters. The number of nitrogens with zero attached hydrogens (tertiary/aromatic N) is 1. The lowest BCUT2D eigenvalue weighted by atomic mass is 10.1. The van der Waals surface area contributed by atoms with Gasteiger partial charge in [-0.1, -0.05) is 60.7 Å². The first-order chi connectivity index (χ1) is 12.5. The van der Waals surface area contributed by atoms with Crippen LogP contribution in [-0.2, 0) is 17.8 Å². The molecule has 0 aliphatic heterocycles. The number of hydrogen-bond donors (Lipinski definition) is 2. The van der Waals surface area contributed by atoms with Crippen molar-refractivity contribution in [2.75, 3.05) is 0 Å². The number of nitrogens with one attached hydrogen (secondary N) is 1. The van der Waals surface area contributed by atoms with E-state index in [0.29, 0.717) is 19.4 Å². The summed E-state index contributed by atoms with van der Waals surface area (Å²) in [6.45, 7) is 4.28. The molecule has 26 heavy (non-hydrogen) atoms. The average Bonchev–Trinajstić information content (AvgIpc) is 2.64. The lowest BCUT2D eigenvalue weighted by Gasteiger charge is -2.28. The number of carboxylic acid groups (broad SMARTS) is 1. The van der Waals surface area contributed by atoms with Crippen molar-refractivity contribution >= 4 is 12.0 Å². The van der Waals surface area contributed by atoms with E-state index in [4.69, 9.17) is 0 Å². The number of rotatable bonds is 8. The number of carboxylic acids is 1. The van der Waals surface area contributed by atoms with Crippen LogP contribution < -0.4 is 5.32 Å². The van der Waals surface area contributed by atoms with Gasteiger partial charge in [-0.25, -0.2) is 9.59 Å². The molecule has 2 aromatic rings. The minimum atomic E-state index is -1.02. The van der Waals surface area contributed by atoms with Gasteiger partial charge in [-0.05, 0) is 37.8 Å². The molecule has 0 saturated heterocycles. The van der Waals surface area contributed by atoms with Crippen molar-refractivity contribution in [1.82, 2.24) is 10.2 Å². The molecule has 0 fully saturated rings. The van der Waals surface area contributed by atoms with Crippen molar-refractivity contribution in [3.63, 3.8) is 0 Å². The first-order valence-corrected chi connectivity index (χ1v) is 8.85. The summed E-state index contributed by atoms with van der Waals surface area (Å²) < 4.78 is 0. The van der Waals surface area contributed by atoms with Crippen LogP contribution in [0.2, 0.25) is 0 Å². The second kappa shape index (κ2) is 9.61. The highest BCUT2D eigenvalue weighted by Crippen LogP contribution is 2.10. The largest absolute Gasteiger partial charge is 0.480 e. The van der Waals surface area contributed by atoms with Gasteiger partial charge >= 0.3 is 12.0 Å². The molecule has 1 unspecified atom stereocenters. The van der Waals surface area contributed by atoms with E-state index in [-0.39, 0.29) is 12.1 Å². The van der Waals surface area contributed by atoms with Crippen LogP contribution in [0.4, 0.5) is 4.79 Å². The number of benzene rings is 2. The van der Waals surface area contributed by atoms with E-state index in [1.165, 1.54) is 0 Å². The first-order valence-electron chi connectivity index (χ1n) is 8.85. The van der Waals surface area contributed by atoms with Crippen LogP contribution in [0.15, 0.2) is 60.7 Å². The highest BCUT2D eigenvalue weighted by molar-refractivity contribution is 5.82. The Morgan fingerprint density at radius 1 is 0.962 bits per heavy atom. The molecule has 2 N–H and O–H groups in total. The van der Waals surface area contributed by atoms with Gasteiger partial charge in [0.25, 0.3) is 0 Å². The number of hydrogen-bond acceptors (Lipinski definition) is 2. The number of aliphatic carboxylic acids is 1. The van der Waals surface area contributed by atoms with E-state index in [2.05, 4.69) is 5.32 Å². The van der Waals surface area contributed by atoms with Gasteiger partial charge in [-0.15, -0.1) is 0 Å². The molecule has 0 saturated carbocycles. The summed E-state index contributed by atoms with van der Waals surface area (Å²) in [7, 11) is 0. The Morgan fingerprint density at radius 2 is 1.50 bits per heavy atom. The summed E-state index contributed by atoms with van der Waals surface area (Å²) in [6.07, 6.45) is 0.945. The highest BCUT2D eigenvalue weighted by atomic mass is 16.4. The van der Waals surface area contributed by atoms with Crippen LogP contribution in [0.5, 0.6) is 0 Å². The molecule has 0 aliphatic rings. The van der Waals surface area contributed by atoms with Crippen LogP contribution in [0.1, 0.15) is 31.4 Å². The molecule has 0 aliphatic carbocycles. The predicted molar refractivity (Wildman–Crippen MR) is 102 cm³/mol. The van der Waals surface area contributed by atoms with Crippen LogP contribution in [-0.4, -0.2) is 34.1 Å². The van der Waals surface area contributed by atoms with Crippen molar-refractivity contribution in [3.8, 4) is 0 Å². The summed E-state index contributed by atoms with van der Waals surface area (Å²) >= 11 is 0. The van der Waals surface area contributed by atoms with Crippen molar-refractivity contribution in [3.05, 3.63) is 71.8 Å². The zero-order valence-electron chi connectivity index (χ0n) is 15.3. The van der Waals surface area contributed by atoms with Crippen LogP contribution >= 0.6 is 0 Å². The highest BCUT2D eigenvalue weighted by Gasteiger charge is 2.24. The van der Waals surface area contributed by atoms with Gasteiger partial charge in [0.2, 0.25) is 0 Å². The predicted octanol–water partition coefficient (Wildman–Crippen LogP) is 3.69. The number of aryl methyl sites for hydroxylation is 1. The Hall–Kier alpha value is -2.82. The minimum Gasteiger partial charge on any atom is -0.480 e. The summed E-state index contributed by atoms with van der Waals surface area (Å²) in [5, 5.41) is 12.2.